The zero-order valence-electron chi connectivity index (χ0n) is 21.5. The summed E-state index contributed by atoms with van der Waals surface area (Å²) in [6, 6.07) is 19.0. The third-order valence-electron chi connectivity index (χ3n) is 6.30. The maximum absolute atomic E-state index is 13.2. The minimum atomic E-state index is -4.66. The Morgan fingerprint density at radius 2 is 1.66 bits per heavy atom. The van der Waals surface area contributed by atoms with E-state index in [4.69, 9.17) is 16.7 Å². The van der Waals surface area contributed by atoms with Crippen molar-refractivity contribution < 1.29 is 30.0 Å². The van der Waals surface area contributed by atoms with Gasteiger partial charge in [-0.25, -0.2) is 18.6 Å². The fraction of sp³-hybridized carbons (Fsp3) is 0.231. The monoisotopic (exact) mass is 627 g/mol. The van der Waals surface area contributed by atoms with Crippen LogP contribution in [0.4, 0.5) is 13.2 Å². The summed E-state index contributed by atoms with van der Waals surface area (Å²) in [5, 5.41) is 13.2. The van der Waals surface area contributed by atoms with Crippen LogP contribution in [0.15, 0.2) is 93.3 Å². The Labute approximate surface area is 240 Å². The Bertz CT molecular complexity index is 1660. The van der Waals surface area contributed by atoms with Gasteiger partial charge in [0.15, 0.2) is 0 Å². The van der Waals surface area contributed by atoms with Gasteiger partial charge in [0.1, 0.15) is 0 Å². The van der Waals surface area contributed by atoms with Crippen LogP contribution >= 0.6 is 11.6 Å². The van der Waals surface area contributed by atoms with Gasteiger partial charge in [-0.05, 0) is 54.4 Å². The summed E-state index contributed by atoms with van der Waals surface area (Å²) in [4.78, 5) is -0.495. The Hall–Kier alpha value is -3.46. The van der Waals surface area contributed by atoms with E-state index >= 15 is 0 Å². The molecule has 0 aliphatic carbocycles. The number of nitrogens with two attached hydrogens (primary N) is 1. The summed E-state index contributed by atoms with van der Waals surface area (Å²) in [5.41, 5.74) is 1.11. The van der Waals surface area contributed by atoms with Gasteiger partial charge in [0, 0.05) is 17.5 Å². The van der Waals surface area contributed by atoms with E-state index in [1.165, 1.54) is 11.9 Å². The lowest BCUT2D eigenvalue weighted by molar-refractivity contribution is -0.137. The largest absolute Gasteiger partial charge is 0.416 e. The summed E-state index contributed by atoms with van der Waals surface area (Å²) in [7, 11) is -8.55. The van der Waals surface area contributed by atoms with E-state index in [0.717, 1.165) is 17.7 Å². The molecule has 2 atom stereocenters. The molecule has 218 valence electrons. The minimum absolute atomic E-state index is 0.111. The van der Waals surface area contributed by atoms with Gasteiger partial charge in [0.2, 0.25) is 16.0 Å². The van der Waals surface area contributed by atoms with Crippen LogP contribution in [0.2, 0.25) is 5.02 Å². The molecule has 4 rings (SSSR count). The normalized spacial score (nSPS) is 17.3. The Kier molecular flexibility index (Phi) is 8.78. The number of hydrogen-bond acceptors (Lipinski definition) is 5. The highest BCUT2D eigenvalue weighted by Gasteiger charge is 2.34. The molecule has 0 bridgehead atoms. The Morgan fingerprint density at radius 3 is 2.22 bits per heavy atom. The molecule has 0 saturated carbocycles. The molecule has 0 fully saturated rings. The SMILES string of the molecule is C[C@@H](CN/C(=N\S(=O)(=O)c1ccc(C(F)(F)F)cc1)N1C[C@@H](c2ccccc2)C(c2ccc(Cl)cc2)=N1)S(N)(=O)=O. The number of guanidine groups is 1. The molecular formula is C26H25ClF3N5O4S2. The summed E-state index contributed by atoms with van der Waals surface area (Å²) < 4.78 is 92.9. The maximum atomic E-state index is 13.2. The molecule has 1 aliphatic rings. The molecule has 3 N–H and O–H groups in total. The van der Waals surface area contributed by atoms with Crippen LogP contribution in [0.25, 0.3) is 0 Å². The van der Waals surface area contributed by atoms with Gasteiger partial charge in [-0.1, -0.05) is 54.1 Å². The first-order valence-corrected chi connectivity index (χ1v) is 15.5. The van der Waals surface area contributed by atoms with E-state index in [0.29, 0.717) is 28.4 Å². The van der Waals surface area contributed by atoms with Gasteiger partial charge in [-0.15, -0.1) is 4.40 Å². The van der Waals surface area contributed by atoms with Crippen molar-refractivity contribution in [2.45, 2.75) is 29.2 Å². The summed E-state index contributed by atoms with van der Waals surface area (Å²) >= 11 is 6.06. The van der Waals surface area contributed by atoms with Gasteiger partial charge >= 0.3 is 6.18 Å². The van der Waals surface area contributed by atoms with Crippen LogP contribution < -0.4 is 10.5 Å². The third-order valence-corrected chi connectivity index (χ3v) is 9.12. The average molecular weight is 628 g/mol. The maximum Gasteiger partial charge on any atom is 0.416 e. The second-order valence-electron chi connectivity index (χ2n) is 9.23. The van der Waals surface area contributed by atoms with E-state index < -0.39 is 41.9 Å². The lowest BCUT2D eigenvalue weighted by Crippen LogP contribution is -2.44. The minimum Gasteiger partial charge on any atom is -0.353 e. The number of sulfonamides is 2. The molecule has 15 heteroatoms. The van der Waals surface area contributed by atoms with Gasteiger partial charge in [-0.3, -0.25) is 0 Å². The standard InChI is InChI=1S/C26H25ClF3N5O4S2/c1-17(40(31,36)37)15-32-25(34-41(38,39)22-13-9-20(10-14-22)26(28,29)30)35-16-23(18-5-3-2-4-6-18)24(33-35)19-7-11-21(27)12-8-19/h2-14,17,23H,15-16H2,1H3,(H,32,34)(H2,31,36,37)/t17-,23-/m0/s1. The van der Waals surface area contributed by atoms with Gasteiger partial charge < -0.3 is 5.32 Å². The molecule has 3 aromatic rings. The molecule has 41 heavy (non-hydrogen) atoms. The molecule has 0 radical (unpaired) electrons. The van der Waals surface area contributed by atoms with E-state index in [9.17, 15) is 30.0 Å². The number of hydrazone groups is 1. The number of nitrogens with one attached hydrogen (secondary N) is 1. The lowest BCUT2D eigenvalue weighted by atomic mass is 9.91. The van der Waals surface area contributed by atoms with Crippen molar-refractivity contribution in [2.75, 3.05) is 13.1 Å². The zero-order chi connectivity index (χ0) is 30.0. The Morgan fingerprint density at radius 1 is 1.05 bits per heavy atom. The van der Waals surface area contributed by atoms with Crippen LogP contribution in [-0.2, 0) is 26.2 Å². The van der Waals surface area contributed by atoms with Crippen LogP contribution in [0.1, 0.15) is 29.5 Å². The van der Waals surface area contributed by atoms with Crippen molar-refractivity contribution in [1.29, 1.82) is 0 Å². The van der Waals surface area contributed by atoms with Crippen LogP contribution in [0, 0.1) is 0 Å². The number of halogens is 4. The van der Waals surface area contributed by atoms with Crippen molar-refractivity contribution in [2.24, 2.45) is 14.6 Å². The highest BCUT2D eigenvalue weighted by Crippen LogP contribution is 2.31. The average Bonchev–Trinajstić information content (AvgIpc) is 3.36. The van der Waals surface area contributed by atoms with Crippen molar-refractivity contribution in [3.63, 3.8) is 0 Å². The summed E-state index contributed by atoms with van der Waals surface area (Å²) in [5.74, 6) is -0.681. The lowest BCUT2D eigenvalue weighted by Gasteiger charge is -2.21. The number of alkyl halides is 3. The molecule has 0 spiro atoms. The van der Waals surface area contributed by atoms with E-state index in [1.807, 2.05) is 30.3 Å². The van der Waals surface area contributed by atoms with Crippen molar-refractivity contribution in [1.82, 2.24) is 10.3 Å². The number of hydrogen-bond donors (Lipinski definition) is 2. The third kappa shape index (κ3) is 7.44. The van der Waals surface area contributed by atoms with Crippen molar-refractivity contribution >= 4 is 43.3 Å². The predicted molar refractivity (Wildman–Crippen MR) is 151 cm³/mol. The predicted octanol–water partition coefficient (Wildman–Crippen LogP) is 4.17. The van der Waals surface area contributed by atoms with Gasteiger partial charge in [0.05, 0.1) is 28.0 Å². The van der Waals surface area contributed by atoms with Crippen molar-refractivity contribution in [3.8, 4) is 0 Å². The second kappa shape index (κ2) is 11.8. The van der Waals surface area contributed by atoms with Crippen LogP contribution in [0.3, 0.4) is 0 Å². The summed E-state index contributed by atoms with van der Waals surface area (Å²) in [6.45, 7) is 1.11. The quantitative estimate of drug-likeness (QED) is 0.298. The fourth-order valence-corrected chi connectivity index (χ4v) is 5.38. The second-order valence-corrected chi connectivity index (χ2v) is 13.3. The number of rotatable bonds is 7. The fourth-order valence-electron chi connectivity index (χ4n) is 3.97. The van der Waals surface area contributed by atoms with E-state index in [2.05, 4.69) is 14.8 Å². The van der Waals surface area contributed by atoms with Crippen LogP contribution in [-0.4, -0.2) is 51.9 Å². The Balaban J connectivity index is 1.77. The molecule has 1 heterocycles. The molecule has 0 unspecified atom stereocenters. The number of benzene rings is 3. The number of primary sulfonamides is 1. The highest BCUT2D eigenvalue weighted by atomic mass is 35.5. The highest BCUT2D eigenvalue weighted by molar-refractivity contribution is 7.90. The van der Waals surface area contributed by atoms with E-state index in [-0.39, 0.29) is 25.0 Å². The first-order valence-electron chi connectivity index (χ1n) is 12.1. The van der Waals surface area contributed by atoms with Crippen LogP contribution in [0.5, 0.6) is 0 Å². The first kappa shape index (κ1) is 30.5. The van der Waals surface area contributed by atoms with E-state index in [1.54, 1.807) is 24.3 Å². The topological polar surface area (TPSA) is 134 Å². The van der Waals surface area contributed by atoms with Gasteiger partial charge in [-0.2, -0.15) is 26.7 Å². The molecule has 1 aliphatic heterocycles. The zero-order valence-corrected chi connectivity index (χ0v) is 23.8. The molecule has 3 aromatic carbocycles. The molecular weight excluding hydrogens is 603 g/mol. The van der Waals surface area contributed by atoms with Gasteiger partial charge in [0.25, 0.3) is 10.0 Å². The molecule has 0 saturated heterocycles. The summed E-state index contributed by atoms with van der Waals surface area (Å²) in [6.07, 6.45) is -4.66. The molecule has 9 nitrogen and oxygen atoms in total. The molecule has 0 aromatic heterocycles. The van der Waals surface area contributed by atoms with Crippen molar-refractivity contribution in [3.05, 3.63) is 101 Å². The molecule has 0 amide bonds. The number of nitrogens with zero attached hydrogens (tertiary/aromatic N) is 3. The first-order chi connectivity index (χ1) is 19.1. The smallest absolute Gasteiger partial charge is 0.353 e.